The first-order valence-corrected chi connectivity index (χ1v) is 11.2. The van der Waals surface area contributed by atoms with Crippen LogP contribution in [0.25, 0.3) is 0 Å². The smallest absolute Gasteiger partial charge is 0.322 e. The first kappa shape index (κ1) is 22.4. The second-order valence-electron chi connectivity index (χ2n) is 8.91. The van der Waals surface area contributed by atoms with Gasteiger partial charge in [0.2, 0.25) is 11.8 Å². The van der Waals surface area contributed by atoms with Gasteiger partial charge in [-0.05, 0) is 20.8 Å². The fourth-order valence-electron chi connectivity index (χ4n) is 4.47. The van der Waals surface area contributed by atoms with Crippen molar-refractivity contribution in [3.05, 3.63) is 12.2 Å². The van der Waals surface area contributed by atoms with Gasteiger partial charge in [-0.1, -0.05) is 28.1 Å². The molecule has 31 heavy (non-hydrogen) atoms. The molecule has 10 heteroatoms. The van der Waals surface area contributed by atoms with Crippen LogP contribution < -0.4 is 0 Å². The first-order valence-electron chi connectivity index (χ1n) is 10.4. The van der Waals surface area contributed by atoms with Gasteiger partial charge in [0.1, 0.15) is 29.2 Å². The number of amides is 2. The molecule has 4 aliphatic rings. The lowest BCUT2D eigenvalue weighted by atomic mass is 9.78. The fraction of sp³-hybridized carbons (Fsp3) is 0.714. The number of fused-ring (bicyclic) bond motifs is 3. The third-order valence-electron chi connectivity index (χ3n) is 6.29. The van der Waals surface area contributed by atoms with Crippen LogP contribution >= 0.6 is 15.9 Å². The summed E-state index contributed by atoms with van der Waals surface area (Å²) in [6.07, 6.45) is 3.77. The molecule has 9 nitrogen and oxygen atoms in total. The fourth-order valence-corrected chi connectivity index (χ4v) is 4.59. The van der Waals surface area contributed by atoms with E-state index in [1.54, 1.807) is 20.8 Å². The number of epoxide rings is 1. The van der Waals surface area contributed by atoms with Gasteiger partial charge in [0.05, 0.1) is 37.5 Å². The molecule has 2 saturated heterocycles. The minimum atomic E-state index is -0.815. The van der Waals surface area contributed by atoms with E-state index < -0.39 is 22.2 Å². The Morgan fingerprint density at radius 2 is 1.90 bits per heavy atom. The minimum absolute atomic E-state index is 0.0196. The normalized spacial score (nSPS) is 33.4. The second-order valence-corrected chi connectivity index (χ2v) is 10.9. The number of esters is 2. The van der Waals surface area contributed by atoms with E-state index in [1.165, 1.54) is 4.90 Å². The number of rotatable bonds is 10. The molecule has 1 spiro atoms. The molecule has 0 bridgehead atoms. The minimum Gasteiger partial charge on any atom is -0.464 e. The Kier molecular flexibility index (Phi) is 5.76. The number of ether oxygens (including phenoxy) is 4. The predicted molar refractivity (Wildman–Crippen MR) is 109 cm³/mol. The maximum atomic E-state index is 12.7. The summed E-state index contributed by atoms with van der Waals surface area (Å²) in [4.78, 5) is 50.2. The Hall–Kier alpha value is -1.78. The highest BCUT2D eigenvalue weighted by Gasteiger charge is 2.80. The molecule has 0 N–H and O–H groups in total. The summed E-state index contributed by atoms with van der Waals surface area (Å²) >= 11 is 3.19. The molecule has 6 unspecified atom stereocenters. The number of hydrogen-bond acceptors (Lipinski definition) is 8. The van der Waals surface area contributed by atoms with Crippen molar-refractivity contribution in [2.75, 3.05) is 33.0 Å². The lowest BCUT2D eigenvalue weighted by Gasteiger charge is -2.27. The summed E-state index contributed by atoms with van der Waals surface area (Å²) in [6, 6.07) is 0. The Bertz CT molecular complexity index is 836. The van der Waals surface area contributed by atoms with E-state index in [-0.39, 0.29) is 74.2 Å². The van der Waals surface area contributed by atoms with Gasteiger partial charge in [0.25, 0.3) is 0 Å². The van der Waals surface area contributed by atoms with Gasteiger partial charge in [-0.2, -0.15) is 0 Å². The van der Waals surface area contributed by atoms with E-state index in [0.29, 0.717) is 0 Å². The first-order chi connectivity index (χ1) is 14.6. The van der Waals surface area contributed by atoms with E-state index in [2.05, 4.69) is 15.9 Å². The molecule has 1 saturated carbocycles. The van der Waals surface area contributed by atoms with Crippen LogP contribution in [0.15, 0.2) is 12.2 Å². The molecule has 0 aromatic rings. The zero-order valence-corrected chi connectivity index (χ0v) is 19.3. The van der Waals surface area contributed by atoms with Gasteiger partial charge in [-0.25, -0.2) is 0 Å². The molecule has 4 rings (SSSR count). The van der Waals surface area contributed by atoms with Crippen LogP contribution in [0.2, 0.25) is 0 Å². The van der Waals surface area contributed by atoms with Crippen molar-refractivity contribution in [3.63, 3.8) is 0 Å². The summed E-state index contributed by atoms with van der Waals surface area (Å²) in [5.41, 5.74) is -0.340. The highest BCUT2D eigenvalue weighted by Crippen LogP contribution is 2.67. The summed E-state index contributed by atoms with van der Waals surface area (Å²) in [5, 5.41) is 0. The molecule has 2 aliphatic heterocycles. The van der Waals surface area contributed by atoms with Crippen LogP contribution in [-0.2, 0) is 38.1 Å². The largest absolute Gasteiger partial charge is 0.464 e. The molecule has 0 radical (unpaired) electrons. The van der Waals surface area contributed by atoms with E-state index in [4.69, 9.17) is 18.9 Å². The topological polar surface area (TPSA) is 112 Å². The molecule has 170 valence electrons. The lowest BCUT2D eigenvalue weighted by Crippen LogP contribution is -2.40. The van der Waals surface area contributed by atoms with Gasteiger partial charge in [0, 0.05) is 5.92 Å². The van der Waals surface area contributed by atoms with Crippen molar-refractivity contribution >= 4 is 39.7 Å². The molecule has 2 aliphatic carbocycles. The average Bonchev–Trinajstić information content (AvgIpc) is 3.36. The summed E-state index contributed by atoms with van der Waals surface area (Å²) in [6.45, 7) is 5.34. The zero-order chi connectivity index (χ0) is 22.6. The Balaban J connectivity index is 1.11. The van der Waals surface area contributed by atoms with Crippen LogP contribution in [0.3, 0.4) is 0 Å². The number of nitrogens with zero attached hydrogens (tertiary/aromatic N) is 1. The number of alkyl halides is 1. The maximum absolute atomic E-state index is 12.7. The number of carbonyl (C=O) groups is 4. The van der Waals surface area contributed by atoms with Crippen molar-refractivity contribution in [1.82, 2.24) is 4.90 Å². The molecular formula is C21H26BrNO8. The number of imide groups is 1. The van der Waals surface area contributed by atoms with Gasteiger partial charge in [0.15, 0.2) is 0 Å². The molecule has 6 atom stereocenters. The van der Waals surface area contributed by atoms with E-state index in [1.807, 2.05) is 12.2 Å². The average molecular weight is 500 g/mol. The van der Waals surface area contributed by atoms with Crippen LogP contribution in [0, 0.1) is 23.7 Å². The Morgan fingerprint density at radius 1 is 1.19 bits per heavy atom. The predicted octanol–water partition coefficient (Wildman–Crippen LogP) is 0.837. The van der Waals surface area contributed by atoms with Crippen molar-refractivity contribution in [1.29, 1.82) is 0 Å². The lowest BCUT2D eigenvalue weighted by molar-refractivity contribution is -0.156. The zero-order valence-electron chi connectivity index (χ0n) is 17.7. The monoisotopic (exact) mass is 499 g/mol. The van der Waals surface area contributed by atoms with Crippen molar-refractivity contribution < 1.29 is 38.1 Å². The molecule has 2 amide bonds. The molecule has 3 fully saturated rings. The quantitative estimate of drug-likeness (QED) is 0.108. The van der Waals surface area contributed by atoms with E-state index in [9.17, 15) is 19.2 Å². The SMILES string of the molecule is CC(COC(=O)C(C)(C)Br)C(=O)OCCOCCN1C(=O)C2C(C1=O)C1OC13C=CC23. The van der Waals surface area contributed by atoms with Gasteiger partial charge < -0.3 is 18.9 Å². The van der Waals surface area contributed by atoms with Crippen LogP contribution in [-0.4, -0.2) is 77.7 Å². The molecule has 0 aromatic carbocycles. The van der Waals surface area contributed by atoms with Crippen molar-refractivity contribution in [3.8, 4) is 0 Å². The second kappa shape index (κ2) is 7.97. The number of carbonyl (C=O) groups excluding carboxylic acids is 4. The van der Waals surface area contributed by atoms with E-state index >= 15 is 0 Å². The van der Waals surface area contributed by atoms with Gasteiger partial charge in [-0.3, -0.25) is 24.1 Å². The Labute approximate surface area is 188 Å². The standard InChI is InChI=1S/C21H26BrNO8/c1-11(10-30-19(27)20(2,3)22)18(26)29-9-8-28-7-6-23-16(24)13-12-4-5-21(12)15(31-21)14(13)17(23)25/h4-5,11-15H,6-10H2,1-3H3. The maximum Gasteiger partial charge on any atom is 0.322 e. The number of hydrogen-bond donors (Lipinski definition) is 0. The summed E-state index contributed by atoms with van der Waals surface area (Å²) in [5.74, 6) is -2.55. The van der Waals surface area contributed by atoms with Crippen LogP contribution in [0.5, 0.6) is 0 Å². The van der Waals surface area contributed by atoms with Gasteiger partial charge in [-0.15, -0.1) is 0 Å². The van der Waals surface area contributed by atoms with E-state index in [0.717, 1.165) is 0 Å². The van der Waals surface area contributed by atoms with Crippen molar-refractivity contribution in [2.45, 2.75) is 36.8 Å². The highest BCUT2D eigenvalue weighted by atomic mass is 79.9. The van der Waals surface area contributed by atoms with Crippen molar-refractivity contribution in [2.24, 2.45) is 23.7 Å². The molecule has 2 heterocycles. The van der Waals surface area contributed by atoms with Crippen LogP contribution in [0.1, 0.15) is 20.8 Å². The number of likely N-dealkylation sites (tertiary alicyclic amines) is 1. The molecule has 0 aromatic heterocycles. The molecular weight excluding hydrogens is 474 g/mol. The summed E-state index contributed by atoms with van der Waals surface area (Å²) < 4.78 is 20.5. The Morgan fingerprint density at radius 3 is 2.55 bits per heavy atom. The summed E-state index contributed by atoms with van der Waals surface area (Å²) in [7, 11) is 0. The third kappa shape index (κ3) is 3.82. The van der Waals surface area contributed by atoms with Gasteiger partial charge >= 0.3 is 11.9 Å². The van der Waals surface area contributed by atoms with Crippen LogP contribution in [0.4, 0.5) is 0 Å². The number of halogens is 1. The third-order valence-corrected chi connectivity index (χ3v) is 6.61. The highest BCUT2D eigenvalue weighted by molar-refractivity contribution is 9.10.